The highest BCUT2D eigenvalue weighted by Gasteiger charge is 2.29. The van der Waals surface area contributed by atoms with Gasteiger partial charge in [0.25, 0.3) is 5.91 Å². The molecule has 0 aliphatic carbocycles. The van der Waals surface area contributed by atoms with E-state index in [1.165, 1.54) is 25.2 Å². The maximum atomic E-state index is 13.1. The number of carboxylic acid groups (broad SMARTS) is 1. The largest absolute Gasteiger partial charge is 0.493 e. The Morgan fingerprint density at radius 1 is 1.11 bits per heavy atom. The first-order valence-corrected chi connectivity index (χ1v) is 11.2. The van der Waals surface area contributed by atoms with E-state index in [-0.39, 0.29) is 54.1 Å². The molecule has 0 aromatic heterocycles. The Kier molecular flexibility index (Phi) is 9.68. The van der Waals surface area contributed by atoms with Crippen molar-refractivity contribution in [3.8, 4) is 17.2 Å². The molecule has 1 aliphatic heterocycles. The summed E-state index contributed by atoms with van der Waals surface area (Å²) in [5.41, 5.74) is 2.04. The van der Waals surface area contributed by atoms with Crippen LogP contribution in [0.1, 0.15) is 52.6 Å². The summed E-state index contributed by atoms with van der Waals surface area (Å²) in [6.07, 6.45) is -0.220. The van der Waals surface area contributed by atoms with Crippen LogP contribution >= 0.6 is 12.4 Å². The monoisotopic (exact) mass is 519 g/mol. The Labute approximate surface area is 215 Å². The molecule has 194 valence electrons. The fourth-order valence-corrected chi connectivity index (χ4v) is 3.70. The number of nitrogens with zero attached hydrogens (tertiary/aromatic N) is 1. The van der Waals surface area contributed by atoms with Crippen molar-refractivity contribution < 1.29 is 33.7 Å². The van der Waals surface area contributed by atoms with E-state index in [1.807, 2.05) is 20.8 Å². The zero-order chi connectivity index (χ0) is 25.7. The number of rotatable bonds is 11. The molecule has 3 rings (SSSR count). The fraction of sp³-hybridized carbons (Fsp3) is 0.360. The predicted molar refractivity (Wildman–Crippen MR) is 135 cm³/mol. The van der Waals surface area contributed by atoms with Crippen LogP contribution in [-0.4, -0.2) is 66.4 Å². The molecule has 0 radical (unpaired) electrons. The maximum Gasteiger partial charge on any atom is 0.341 e. The van der Waals surface area contributed by atoms with Crippen molar-refractivity contribution in [1.82, 2.24) is 10.2 Å². The lowest BCUT2D eigenvalue weighted by molar-refractivity contribution is -0.139. The molecule has 2 aromatic rings. The first kappa shape index (κ1) is 28.4. The number of carbonyl (C=O) groups excluding carboxylic acids is 2. The van der Waals surface area contributed by atoms with Gasteiger partial charge in [-0.1, -0.05) is 0 Å². The summed E-state index contributed by atoms with van der Waals surface area (Å²) in [5, 5.41) is 20.0. The van der Waals surface area contributed by atoms with Gasteiger partial charge in [0.1, 0.15) is 11.6 Å². The second kappa shape index (κ2) is 12.3. The highest BCUT2D eigenvalue weighted by molar-refractivity contribution is 6.07. The van der Waals surface area contributed by atoms with Crippen LogP contribution in [0.2, 0.25) is 0 Å². The van der Waals surface area contributed by atoms with Gasteiger partial charge in [0.2, 0.25) is 0 Å². The van der Waals surface area contributed by atoms with Gasteiger partial charge < -0.3 is 29.5 Å². The third-order valence-electron chi connectivity index (χ3n) is 5.22. The molecule has 10 nitrogen and oxygen atoms in total. The number of Topliss-reactive ketones (excluding diaryl/α,β-unsaturated/α-hetero) is 1. The number of aliphatic carboxylic acids is 1. The van der Waals surface area contributed by atoms with Crippen LogP contribution in [0.25, 0.3) is 0 Å². The van der Waals surface area contributed by atoms with Crippen molar-refractivity contribution in [1.29, 1.82) is 5.41 Å². The average Bonchev–Trinajstić information content (AvgIpc) is 3.10. The molecule has 0 spiro atoms. The van der Waals surface area contributed by atoms with Gasteiger partial charge in [-0.05, 0) is 56.7 Å². The van der Waals surface area contributed by atoms with Gasteiger partial charge in [0.05, 0.1) is 24.8 Å². The number of nitrogens with one attached hydrogen (secondary N) is 2. The third kappa shape index (κ3) is 6.45. The van der Waals surface area contributed by atoms with E-state index < -0.39 is 12.6 Å². The lowest BCUT2D eigenvalue weighted by atomic mass is 10.0. The number of ketones is 1. The van der Waals surface area contributed by atoms with Crippen molar-refractivity contribution in [2.75, 3.05) is 26.8 Å². The Hall–Kier alpha value is -3.79. The Bertz CT molecular complexity index is 1170. The van der Waals surface area contributed by atoms with E-state index in [4.69, 9.17) is 24.7 Å². The molecule has 11 heteroatoms. The van der Waals surface area contributed by atoms with Crippen molar-refractivity contribution in [3.05, 3.63) is 52.6 Å². The highest BCUT2D eigenvalue weighted by atomic mass is 35.5. The van der Waals surface area contributed by atoms with Gasteiger partial charge in [0.15, 0.2) is 23.9 Å². The van der Waals surface area contributed by atoms with Crippen molar-refractivity contribution in [2.45, 2.75) is 33.4 Å². The quantitative estimate of drug-likeness (QED) is 0.385. The van der Waals surface area contributed by atoms with Crippen molar-refractivity contribution in [3.63, 3.8) is 0 Å². The van der Waals surface area contributed by atoms with Crippen molar-refractivity contribution >= 4 is 35.9 Å². The summed E-state index contributed by atoms with van der Waals surface area (Å²) in [4.78, 5) is 37.9. The first-order valence-electron chi connectivity index (χ1n) is 11.2. The number of hydrogen-bond acceptors (Lipinski definition) is 7. The maximum absolute atomic E-state index is 13.1. The lowest BCUT2D eigenvalue weighted by Gasteiger charge is -2.18. The molecule has 1 amide bonds. The molecule has 0 saturated heterocycles. The molecule has 0 saturated carbocycles. The SMILES string of the molecule is CCOc1cc2c(cc1C(=O)NC)C(=N)N(CC(=O)c1ccc(OCC(=O)O)c(OC(C)C)c1)C2.Cl. The molecule has 36 heavy (non-hydrogen) atoms. The molecular formula is C25H30ClN3O7. The second-order valence-electron chi connectivity index (χ2n) is 8.16. The number of amidine groups is 1. The number of fused-ring (bicyclic) bond motifs is 1. The highest BCUT2D eigenvalue weighted by Crippen LogP contribution is 2.32. The van der Waals surface area contributed by atoms with Gasteiger partial charge in [-0.2, -0.15) is 0 Å². The minimum atomic E-state index is -1.13. The van der Waals surface area contributed by atoms with E-state index in [1.54, 1.807) is 17.0 Å². The fourth-order valence-electron chi connectivity index (χ4n) is 3.70. The number of halogens is 1. The van der Waals surface area contributed by atoms with Crippen LogP contribution in [0.4, 0.5) is 0 Å². The minimum Gasteiger partial charge on any atom is -0.493 e. The molecule has 0 fully saturated rings. The third-order valence-corrected chi connectivity index (χ3v) is 5.22. The predicted octanol–water partition coefficient (Wildman–Crippen LogP) is 3.14. The van der Waals surface area contributed by atoms with E-state index >= 15 is 0 Å². The summed E-state index contributed by atoms with van der Waals surface area (Å²) in [5.74, 6) is -0.632. The number of carboxylic acids is 1. The molecule has 0 atom stereocenters. The van der Waals surface area contributed by atoms with E-state index in [0.717, 1.165) is 5.56 Å². The van der Waals surface area contributed by atoms with E-state index in [2.05, 4.69) is 5.32 Å². The van der Waals surface area contributed by atoms with Gasteiger partial charge in [-0.15, -0.1) is 12.4 Å². The second-order valence-corrected chi connectivity index (χ2v) is 8.16. The summed E-state index contributed by atoms with van der Waals surface area (Å²) in [6, 6.07) is 7.92. The molecule has 0 bridgehead atoms. The minimum absolute atomic E-state index is 0. The lowest BCUT2D eigenvalue weighted by Crippen LogP contribution is -2.30. The first-order chi connectivity index (χ1) is 16.6. The average molecular weight is 520 g/mol. The molecule has 1 aliphatic rings. The number of amides is 1. The van der Waals surface area contributed by atoms with Crippen LogP contribution in [-0.2, 0) is 11.3 Å². The standard InChI is InChI=1S/C25H29N3O7.ClH/c1-5-33-21-9-16-11-28(24(26)17(16)10-18(21)25(32)27-4)12-19(29)15-6-7-20(34-13-23(30)31)22(8-15)35-14(2)3;/h6-10,14,26H,5,11-13H2,1-4H3,(H,27,32)(H,30,31);1H. The summed E-state index contributed by atoms with van der Waals surface area (Å²) < 4.78 is 16.6. The number of carbonyl (C=O) groups is 3. The van der Waals surface area contributed by atoms with Gasteiger partial charge >= 0.3 is 5.97 Å². The van der Waals surface area contributed by atoms with Crippen LogP contribution in [0.5, 0.6) is 17.2 Å². The Morgan fingerprint density at radius 3 is 2.44 bits per heavy atom. The summed E-state index contributed by atoms with van der Waals surface area (Å²) in [6.45, 7) is 5.54. The number of ether oxygens (including phenoxy) is 3. The van der Waals surface area contributed by atoms with Gasteiger partial charge in [-0.25, -0.2) is 4.79 Å². The zero-order valence-corrected chi connectivity index (χ0v) is 21.4. The smallest absolute Gasteiger partial charge is 0.341 e. The Morgan fingerprint density at radius 2 is 1.83 bits per heavy atom. The van der Waals surface area contributed by atoms with Crippen LogP contribution in [0, 0.1) is 5.41 Å². The number of hydrogen-bond donors (Lipinski definition) is 3. The van der Waals surface area contributed by atoms with E-state index in [0.29, 0.717) is 35.6 Å². The molecule has 0 unspecified atom stereocenters. The van der Waals surface area contributed by atoms with E-state index in [9.17, 15) is 14.4 Å². The van der Waals surface area contributed by atoms with Gasteiger partial charge in [0, 0.05) is 24.7 Å². The topological polar surface area (TPSA) is 138 Å². The van der Waals surface area contributed by atoms with Crippen LogP contribution in [0.3, 0.4) is 0 Å². The van der Waals surface area contributed by atoms with Crippen LogP contribution < -0.4 is 19.5 Å². The summed E-state index contributed by atoms with van der Waals surface area (Å²) >= 11 is 0. The molecular weight excluding hydrogens is 490 g/mol. The zero-order valence-electron chi connectivity index (χ0n) is 20.5. The Balaban J connectivity index is 0.00000456. The molecule has 1 heterocycles. The number of benzene rings is 2. The molecule has 3 N–H and O–H groups in total. The van der Waals surface area contributed by atoms with Crippen molar-refractivity contribution in [2.24, 2.45) is 0 Å². The normalized spacial score (nSPS) is 12.0. The van der Waals surface area contributed by atoms with Gasteiger partial charge in [-0.3, -0.25) is 15.0 Å². The summed E-state index contributed by atoms with van der Waals surface area (Å²) in [7, 11) is 1.52. The molecule has 2 aromatic carbocycles. The van der Waals surface area contributed by atoms with Crippen LogP contribution in [0.15, 0.2) is 30.3 Å².